The molecule has 5 saturated carbocycles. The van der Waals surface area contributed by atoms with Crippen molar-refractivity contribution in [2.24, 2.45) is 56.2 Å². The fourth-order valence-corrected chi connectivity index (χ4v) is 12.5. The van der Waals surface area contributed by atoms with Crippen LogP contribution in [0.1, 0.15) is 121 Å². The third kappa shape index (κ3) is 5.49. The SMILES string of the molecule is CC1(C)CC[C@]2(C)CC[C@]3(C)[C@H](CC[C@@H]4[C@@]5(C)CC[C@H](OC(=O)CN(CCO)CCO)C(C)(C)[C@@H]5CC[C@]43C)[C@H]2[C@H]1O.[Br-].[H+]. The van der Waals surface area contributed by atoms with Crippen molar-refractivity contribution < 1.29 is 43.3 Å². The van der Waals surface area contributed by atoms with E-state index in [1.807, 2.05) is 0 Å². The lowest BCUT2D eigenvalue weighted by atomic mass is 9.31. The number of carbonyl (C=O) groups is 1. The van der Waals surface area contributed by atoms with Crippen LogP contribution in [-0.4, -0.2) is 71.2 Å². The molecule has 250 valence electrons. The van der Waals surface area contributed by atoms with E-state index < -0.39 is 0 Å². The summed E-state index contributed by atoms with van der Waals surface area (Å²) < 4.78 is 6.22. The summed E-state index contributed by atoms with van der Waals surface area (Å²) in [5, 5.41) is 30.6. The number of rotatable bonds is 7. The Kier molecular flexibility index (Phi) is 10.0. The number of nitrogens with zero attached hydrogens (tertiary/aromatic N) is 1. The van der Waals surface area contributed by atoms with Gasteiger partial charge in [0.15, 0.2) is 0 Å². The molecule has 0 aliphatic heterocycles. The Bertz CT molecular complexity index is 1020. The van der Waals surface area contributed by atoms with Gasteiger partial charge in [-0.2, -0.15) is 0 Å². The van der Waals surface area contributed by atoms with E-state index in [2.05, 4.69) is 55.4 Å². The van der Waals surface area contributed by atoms with Crippen molar-refractivity contribution >= 4 is 5.97 Å². The molecular weight excluding hydrogens is 606 g/mol. The van der Waals surface area contributed by atoms with Gasteiger partial charge in [-0.25, -0.2) is 0 Å². The van der Waals surface area contributed by atoms with Gasteiger partial charge in [-0.05, 0) is 115 Å². The Hall–Kier alpha value is -0.210. The normalized spacial score (nSPS) is 46.4. The van der Waals surface area contributed by atoms with Crippen LogP contribution in [0.15, 0.2) is 0 Å². The zero-order valence-electron chi connectivity index (χ0n) is 29.6. The molecule has 5 fully saturated rings. The molecule has 0 bridgehead atoms. The molecule has 0 unspecified atom stereocenters. The predicted molar refractivity (Wildman–Crippen MR) is 168 cm³/mol. The van der Waals surface area contributed by atoms with Crippen molar-refractivity contribution in [2.45, 2.75) is 132 Å². The van der Waals surface area contributed by atoms with Crippen molar-refractivity contribution in [3.05, 3.63) is 0 Å². The van der Waals surface area contributed by atoms with Gasteiger partial charge in [0.25, 0.3) is 0 Å². The molecule has 0 aromatic rings. The van der Waals surface area contributed by atoms with E-state index in [0.29, 0.717) is 36.8 Å². The molecule has 10 atom stereocenters. The van der Waals surface area contributed by atoms with Crippen LogP contribution in [0.2, 0.25) is 0 Å². The molecule has 0 aromatic carbocycles. The summed E-state index contributed by atoms with van der Waals surface area (Å²) in [7, 11) is 0. The summed E-state index contributed by atoms with van der Waals surface area (Å²) in [5.41, 5.74) is 0.832. The first-order valence-corrected chi connectivity index (χ1v) is 17.3. The highest BCUT2D eigenvalue weighted by Crippen LogP contribution is 2.77. The highest BCUT2D eigenvalue weighted by Gasteiger charge is 2.70. The number of carbonyl (C=O) groups excluding carboxylic acids is 1. The number of halogens is 1. The molecule has 7 heteroatoms. The van der Waals surface area contributed by atoms with Crippen LogP contribution in [-0.2, 0) is 9.53 Å². The lowest BCUT2D eigenvalue weighted by molar-refractivity contribution is -0.267. The number of hydrogen-bond donors (Lipinski definition) is 3. The molecule has 0 heterocycles. The van der Waals surface area contributed by atoms with E-state index in [9.17, 15) is 20.1 Å². The fraction of sp³-hybridized carbons (Fsp3) is 0.972. The van der Waals surface area contributed by atoms with Gasteiger partial charge in [0.05, 0.1) is 25.9 Å². The molecule has 0 saturated heterocycles. The highest BCUT2D eigenvalue weighted by atomic mass is 79.9. The largest absolute Gasteiger partial charge is 1.00 e. The number of hydrogen-bond acceptors (Lipinski definition) is 6. The monoisotopic (exact) mass is 669 g/mol. The third-order valence-corrected chi connectivity index (χ3v) is 15.3. The minimum Gasteiger partial charge on any atom is -1.00 e. The Morgan fingerprint density at radius 3 is 2.05 bits per heavy atom. The summed E-state index contributed by atoms with van der Waals surface area (Å²) in [6.45, 7) is 20.4. The molecule has 6 nitrogen and oxygen atoms in total. The molecule has 0 radical (unpaired) electrons. The molecule has 3 N–H and O–H groups in total. The number of aliphatic hydroxyl groups is 3. The second kappa shape index (κ2) is 12.1. The van der Waals surface area contributed by atoms with E-state index in [1.54, 1.807) is 4.90 Å². The van der Waals surface area contributed by atoms with E-state index in [1.165, 1.54) is 44.9 Å². The molecule has 5 rings (SSSR count). The summed E-state index contributed by atoms with van der Waals surface area (Å²) in [6.07, 6.45) is 11.4. The van der Waals surface area contributed by atoms with Gasteiger partial charge in [0.2, 0.25) is 0 Å². The zero-order valence-corrected chi connectivity index (χ0v) is 30.1. The average molecular weight is 671 g/mol. The fourth-order valence-electron chi connectivity index (χ4n) is 12.5. The lowest BCUT2D eigenvalue weighted by Crippen LogP contribution is -3.00. The van der Waals surface area contributed by atoms with Gasteiger partial charge >= 0.3 is 7.40 Å². The van der Waals surface area contributed by atoms with E-state index in [0.717, 1.165) is 19.3 Å². The smallest absolute Gasteiger partial charge is 1.00 e. The van der Waals surface area contributed by atoms with Crippen molar-refractivity contribution in [1.82, 2.24) is 4.90 Å². The number of fused-ring (bicyclic) bond motifs is 7. The minimum atomic E-state index is -0.244. The second-order valence-electron chi connectivity index (χ2n) is 17.8. The summed E-state index contributed by atoms with van der Waals surface area (Å²) in [6, 6.07) is 0. The van der Waals surface area contributed by atoms with E-state index in [-0.39, 0.29) is 88.8 Å². The standard InChI is InChI=1S/C36H63NO5.BrH/c1-31(2)15-16-33(5)17-18-35(7)24(29(33)30(31)41)9-10-26-34(6)13-12-27(32(3,4)25(34)11-14-36(26,35)8)42-28(40)23-37(19-21-38)20-22-39;/h24-27,29-30,38-39,41H,9-23H2,1-8H3;1H/t24-,25+,26-,27+,29+,30-,33-,34+,35-,36-;/m1./s1. The molecule has 0 spiro atoms. The van der Waals surface area contributed by atoms with Gasteiger partial charge in [0.1, 0.15) is 6.10 Å². The highest BCUT2D eigenvalue weighted by molar-refractivity contribution is 5.72. The van der Waals surface area contributed by atoms with Crippen LogP contribution in [0.25, 0.3) is 0 Å². The minimum absolute atomic E-state index is 0. The lowest BCUT2D eigenvalue weighted by Gasteiger charge is -2.74. The van der Waals surface area contributed by atoms with Crippen LogP contribution in [0.5, 0.6) is 0 Å². The van der Waals surface area contributed by atoms with Crippen molar-refractivity contribution in [3.63, 3.8) is 0 Å². The molecule has 0 amide bonds. The first-order valence-electron chi connectivity index (χ1n) is 17.3. The van der Waals surface area contributed by atoms with Crippen LogP contribution in [0, 0.1) is 56.2 Å². The maximum atomic E-state index is 13.0. The van der Waals surface area contributed by atoms with E-state index in [4.69, 9.17) is 4.74 Å². The Balaban J connectivity index is 0.00000264. The zero-order chi connectivity index (χ0) is 30.9. The van der Waals surface area contributed by atoms with Crippen LogP contribution in [0.3, 0.4) is 0 Å². The van der Waals surface area contributed by atoms with Crippen molar-refractivity contribution in [2.75, 3.05) is 32.8 Å². The van der Waals surface area contributed by atoms with Gasteiger partial charge in [-0.15, -0.1) is 0 Å². The maximum absolute atomic E-state index is 13.0. The van der Waals surface area contributed by atoms with Crippen LogP contribution in [0.4, 0.5) is 0 Å². The van der Waals surface area contributed by atoms with Crippen molar-refractivity contribution in [3.8, 4) is 0 Å². The van der Waals surface area contributed by atoms with Gasteiger partial charge < -0.3 is 37.0 Å². The molecular formula is C36H64BrNO5. The first kappa shape index (κ1) is 35.6. The number of aliphatic hydroxyl groups excluding tert-OH is 3. The van der Waals surface area contributed by atoms with Crippen LogP contribution >= 0.6 is 0 Å². The second-order valence-corrected chi connectivity index (χ2v) is 17.8. The summed E-state index contributed by atoms with van der Waals surface area (Å²) >= 11 is 0. The Labute approximate surface area is 274 Å². The summed E-state index contributed by atoms with van der Waals surface area (Å²) in [4.78, 5) is 14.8. The molecule has 43 heavy (non-hydrogen) atoms. The maximum Gasteiger partial charge on any atom is 1.00 e. The quantitative estimate of drug-likeness (QED) is 0.361. The summed E-state index contributed by atoms with van der Waals surface area (Å²) in [5.74, 6) is 1.87. The Morgan fingerprint density at radius 2 is 1.42 bits per heavy atom. The van der Waals surface area contributed by atoms with Gasteiger partial charge in [-0.1, -0.05) is 55.4 Å². The van der Waals surface area contributed by atoms with Crippen molar-refractivity contribution in [1.29, 1.82) is 0 Å². The molecule has 0 aromatic heterocycles. The predicted octanol–water partition coefficient (Wildman–Crippen LogP) is 3.17. The Morgan fingerprint density at radius 1 is 0.791 bits per heavy atom. The molecule has 5 aliphatic rings. The first-order chi connectivity index (χ1) is 19.5. The average Bonchev–Trinajstić information content (AvgIpc) is 2.90. The number of ether oxygens (including phenoxy) is 1. The van der Waals surface area contributed by atoms with Crippen LogP contribution < -0.4 is 17.0 Å². The number of esters is 1. The molecule has 5 aliphatic carbocycles. The third-order valence-electron chi connectivity index (χ3n) is 15.3. The van der Waals surface area contributed by atoms with E-state index >= 15 is 0 Å². The topological polar surface area (TPSA) is 90.2 Å². The van der Waals surface area contributed by atoms with Gasteiger partial charge in [-0.3, -0.25) is 9.69 Å². The van der Waals surface area contributed by atoms with Gasteiger partial charge in [0, 0.05) is 18.5 Å².